The van der Waals surface area contributed by atoms with Crippen molar-refractivity contribution >= 4 is 63.1 Å². The van der Waals surface area contributed by atoms with Crippen LogP contribution in [0.25, 0.3) is 11.0 Å². The van der Waals surface area contributed by atoms with E-state index in [9.17, 15) is 4.79 Å². The van der Waals surface area contributed by atoms with Crippen molar-refractivity contribution in [1.82, 2.24) is 9.55 Å². The number of thioether (sulfide) groups is 2. The fourth-order valence-corrected chi connectivity index (χ4v) is 3.55. The van der Waals surface area contributed by atoms with Crippen LogP contribution in [0, 0.1) is 3.57 Å². The molecular formula is C13H15IN2O2S2. The van der Waals surface area contributed by atoms with Crippen LogP contribution in [0.15, 0.2) is 23.4 Å². The van der Waals surface area contributed by atoms with Crippen LogP contribution in [0.1, 0.15) is 6.42 Å². The molecule has 0 radical (unpaired) electrons. The fraction of sp³-hybridized carbons (Fsp3) is 0.385. The highest BCUT2D eigenvalue weighted by Gasteiger charge is 2.12. The van der Waals surface area contributed by atoms with Crippen LogP contribution < -0.4 is 0 Å². The zero-order valence-electron chi connectivity index (χ0n) is 11.0. The number of carbonyl (C=O) groups is 1. The molecule has 0 saturated carbocycles. The Bertz CT molecular complexity index is 616. The molecule has 1 aromatic carbocycles. The molecule has 2 aromatic rings. The second-order valence-electron chi connectivity index (χ2n) is 4.21. The number of benzene rings is 1. The Hall–Kier alpha value is -0.410. The van der Waals surface area contributed by atoms with Crippen LogP contribution in [-0.4, -0.2) is 38.4 Å². The van der Waals surface area contributed by atoms with E-state index in [-0.39, 0.29) is 5.75 Å². The third-order valence-corrected chi connectivity index (χ3v) is 5.06. The summed E-state index contributed by atoms with van der Waals surface area (Å²) >= 11 is 5.37. The summed E-state index contributed by atoms with van der Waals surface area (Å²) in [5.41, 5.74) is 2.02. The Morgan fingerprint density at radius 3 is 3.00 bits per heavy atom. The molecule has 108 valence electrons. The molecule has 0 fully saturated rings. The van der Waals surface area contributed by atoms with Gasteiger partial charge in [-0.05, 0) is 59.2 Å². The maximum absolute atomic E-state index is 10.8. The van der Waals surface area contributed by atoms with E-state index in [1.807, 2.05) is 17.8 Å². The lowest BCUT2D eigenvalue weighted by Crippen LogP contribution is -2.04. The van der Waals surface area contributed by atoms with Crippen LogP contribution in [0.4, 0.5) is 0 Å². The minimum absolute atomic E-state index is 0.0446. The maximum Gasteiger partial charge on any atom is 0.313 e. The summed E-state index contributed by atoms with van der Waals surface area (Å²) < 4.78 is 3.27. The highest BCUT2D eigenvalue weighted by Crippen LogP contribution is 2.26. The van der Waals surface area contributed by atoms with Crippen LogP contribution in [0.3, 0.4) is 0 Å². The first kappa shape index (κ1) is 16.0. The molecule has 0 aliphatic carbocycles. The zero-order valence-corrected chi connectivity index (χ0v) is 14.8. The van der Waals surface area contributed by atoms with Crippen LogP contribution in [0.5, 0.6) is 0 Å². The Balaban J connectivity index is 2.31. The second-order valence-corrected chi connectivity index (χ2v) is 7.38. The van der Waals surface area contributed by atoms with Gasteiger partial charge in [0.05, 0.1) is 16.8 Å². The summed E-state index contributed by atoms with van der Waals surface area (Å²) in [6.07, 6.45) is 3.15. The SMILES string of the molecule is CSCCCn1c(SCC(=O)O)nc2cc(I)ccc21. The molecule has 0 atom stereocenters. The number of hydrogen-bond acceptors (Lipinski definition) is 4. The van der Waals surface area contributed by atoms with Crippen molar-refractivity contribution in [2.75, 3.05) is 17.8 Å². The largest absolute Gasteiger partial charge is 0.481 e. The van der Waals surface area contributed by atoms with Gasteiger partial charge in [-0.25, -0.2) is 4.98 Å². The number of carboxylic acid groups (broad SMARTS) is 1. The molecular weight excluding hydrogens is 407 g/mol. The van der Waals surface area contributed by atoms with E-state index in [0.29, 0.717) is 0 Å². The lowest BCUT2D eigenvalue weighted by molar-refractivity contribution is -0.133. The average Bonchev–Trinajstić information content (AvgIpc) is 2.74. The van der Waals surface area contributed by atoms with Gasteiger partial charge in [0.1, 0.15) is 0 Å². The molecule has 0 saturated heterocycles. The predicted octanol–water partition coefficient (Wildman–Crippen LogP) is 3.57. The maximum atomic E-state index is 10.8. The molecule has 0 spiro atoms. The Kier molecular flexibility index (Phi) is 6.03. The van der Waals surface area contributed by atoms with Gasteiger partial charge < -0.3 is 9.67 Å². The molecule has 0 aliphatic rings. The molecule has 2 rings (SSSR count). The summed E-state index contributed by atoms with van der Waals surface area (Å²) in [6.45, 7) is 0.875. The van der Waals surface area contributed by atoms with Gasteiger partial charge in [0.15, 0.2) is 5.16 Å². The second kappa shape index (κ2) is 7.56. The number of halogens is 1. The Morgan fingerprint density at radius 1 is 1.50 bits per heavy atom. The first-order valence-corrected chi connectivity index (χ1v) is 9.57. The summed E-state index contributed by atoms with van der Waals surface area (Å²) in [4.78, 5) is 15.3. The average molecular weight is 422 g/mol. The van der Waals surface area contributed by atoms with Crippen molar-refractivity contribution in [1.29, 1.82) is 0 Å². The van der Waals surface area contributed by atoms with E-state index in [4.69, 9.17) is 5.11 Å². The van der Waals surface area contributed by atoms with Gasteiger partial charge >= 0.3 is 5.97 Å². The Morgan fingerprint density at radius 2 is 2.30 bits per heavy atom. The highest BCUT2D eigenvalue weighted by atomic mass is 127. The normalized spacial score (nSPS) is 11.1. The topological polar surface area (TPSA) is 55.1 Å². The molecule has 4 nitrogen and oxygen atoms in total. The van der Waals surface area contributed by atoms with Crippen molar-refractivity contribution in [3.8, 4) is 0 Å². The van der Waals surface area contributed by atoms with Gasteiger partial charge in [-0.15, -0.1) is 0 Å². The summed E-state index contributed by atoms with van der Waals surface area (Å²) in [5.74, 6) is 0.322. The number of carboxylic acids is 1. The van der Waals surface area contributed by atoms with Crippen LogP contribution in [-0.2, 0) is 11.3 Å². The van der Waals surface area contributed by atoms with E-state index >= 15 is 0 Å². The molecule has 0 unspecified atom stereocenters. The lowest BCUT2D eigenvalue weighted by Gasteiger charge is -2.07. The summed E-state index contributed by atoms with van der Waals surface area (Å²) in [7, 11) is 0. The molecule has 1 heterocycles. The van der Waals surface area contributed by atoms with Crippen molar-refractivity contribution < 1.29 is 9.90 Å². The molecule has 20 heavy (non-hydrogen) atoms. The standard InChI is InChI=1S/C13H15IN2O2S2/c1-19-6-2-5-16-11-4-3-9(14)7-10(11)15-13(16)20-8-12(17)18/h3-4,7H,2,5-6,8H2,1H3,(H,17,18). The van der Waals surface area contributed by atoms with E-state index < -0.39 is 5.97 Å². The minimum Gasteiger partial charge on any atom is -0.481 e. The van der Waals surface area contributed by atoms with Crippen molar-refractivity contribution in [3.63, 3.8) is 0 Å². The number of imidazole rings is 1. The zero-order chi connectivity index (χ0) is 14.5. The van der Waals surface area contributed by atoms with Crippen LogP contribution in [0.2, 0.25) is 0 Å². The smallest absolute Gasteiger partial charge is 0.313 e. The number of aryl methyl sites for hydroxylation is 1. The number of fused-ring (bicyclic) bond motifs is 1. The van der Waals surface area contributed by atoms with Gasteiger partial charge in [-0.1, -0.05) is 11.8 Å². The molecule has 0 bridgehead atoms. The number of nitrogens with zero attached hydrogens (tertiary/aromatic N) is 2. The molecule has 0 amide bonds. The molecule has 1 N–H and O–H groups in total. The fourth-order valence-electron chi connectivity index (χ4n) is 1.90. The van der Waals surface area contributed by atoms with E-state index in [2.05, 4.69) is 50.5 Å². The molecule has 1 aromatic heterocycles. The van der Waals surface area contributed by atoms with Crippen molar-refractivity contribution in [2.24, 2.45) is 0 Å². The molecule has 7 heteroatoms. The number of rotatable bonds is 7. The summed E-state index contributed by atoms with van der Waals surface area (Å²) in [6, 6.07) is 6.15. The van der Waals surface area contributed by atoms with Gasteiger partial charge in [0.2, 0.25) is 0 Å². The predicted molar refractivity (Wildman–Crippen MR) is 93.8 cm³/mol. The Labute approximate surface area is 139 Å². The quantitative estimate of drug-likeness (QED) is 0.420. The molecule has 0 aliphatic heterocycles. The lowest BCUT2D eigenvalue weighted by atomic mass is 10.3. The van der Waals surface area contributed by atoms with E-state index in [1.165, 1.54) is 11.8 Å². The highest BCUT2D eigenvalue weighted by molar-refractivity contribution is 14.1. The van der Waals surface area contributed by atoms with Crippen LogP contribution >= 0.6 is 46.1 Å². The third-order valence-electron chi connectivity index (χ3n) is 2.73. The monoisotopic (exact) mass is 422 g/mol. The third kappa shape index (κ3) is 4.05. The van der Waals surface area contributed by atoms with Gasteiger partial charge in [0.25, 0.3) is 0 Å². The summed E-state index contributed by atoms with van der Waals surface area (Å²) in [5, 5.41) is 9.63. The van der Waals surface area contributed by atoms with Gasteiger partial charge in [-0.3, -0.25) is 4.79 Å². The first-order valence-electron chi connectivity index (χ1n) is 6.11. The van der Waals surface area contributed by atoms with E-state index in [1.54, 1.807) is 0 Å². The number of aliphatic carboxylic acids is 1. The minimum atomic E-state index is -0.813. The number of hydrogen-bond donors (Lipinski definition) is 1. The van der Waals surface area contributed by atoms with Crippen molar-refractivity contribution in [3.05, 3.63) is 21.8 Å². The van der Waals surface area contributed by atoms with Gasteiger partial charge in [-0.2, -0.15) is 11.8 Å². The van der Waals surface area contributed by atoms with E-state index in [0.717, 1.165) is 38.5 Å². The van der Waals surface area contributed by atoms with Crippen molar-refractivity contribution in [2.45, 2.75) is 18.1 Å². The number of aromatic nitrogens is 2. The van der Waals surface area contributed by atoms with Gasteiger partial charge in [0, 0.05) is 10.1 Å². The first-order chi connectivity index (χ1) is 9.61.